The Balaban J connectivity index is 2.18. The van der Waals surface area contributed by atoms with Crippen molar-refractivity contribution in [2.45, 2.75) is 12.6 Å². The van der Waals surface area contributed by atoms with Crippen LogP contribution >= 0.6 is 0 Å². The molecule has 0 aromatic rings. The number of halogens is 3. The maximum Gasteiger partial charge on any atom is 0.396 e. The Kier molecular flexibility index (Phi) is 0.966. The van der Waals surface area contributed by atoms with E-state index in [-0.39, 0.29) is 12.5 Å². The summed E-state index contributed by atoms with van der Waals surface area (Å²) < 4.78 is 36.4. The molecule has 0 aromatic carbocycles. The van der Waals surface area contributed by atoms with Crippen molar-refractivity contribution in [3.63, 3.8) is 0 Å². The van der Waals surface area contributed by atoms with Crippen molar-refractivity contribution < 1.29 is 13.2 Å². The Hall–Kier alpha value is -0.250. The molecule has 0 amide bonds. The summed E-state index contributed by atoms with van der Waals surface area (Å²) in [6, 6.07) is 0. The largest absolute Gasteiger partial charge is 0.396 e. The lowest BCUT2D eigenvalue weighted by Gasteiger charge is -2.15. The molecule has 0 unspecified atom stereocenters. The molecule has 1 N–H and O–H groups in total. The highest BCUT2D eigenvalue weighted by atomic mass is 19.4. The predicted octanol–water partition coefficient (Wildman–Crippen LogP) is 1.16. The minimum Gasteiger partial charge on any atom is -0.316 e. The second kappa shape index (κ2) is 1.49. The highest BCUT2D eigenvalue weighted by Crippen LogP contribution is 2.63. The number of rotatable bonds is 0. The molecule has 2 aliphatic rings. The van der Waals surface area contributed by atoms with Crippen molar-refractivity contribution in [1.29, 1.82) is 0 Å². The fourth-order valence-corrected chi connectivity index (χ4v) is 1.78. The van der Waals surface area contributed by atoms with Crippen LogP contribution in [-0.2, 0) is 0 Å². The molecule has 2 fully saturated rings. The van der Waals surface area contributed by atoms with E-state index in [9.17, 15) is 13.2 Å². The third-order valence-corrected chi connectivity index (χ3v) is 2.63. The lowest BCUT2D eigenvalue weighted by atomic mass is 10.1. The Labute approximate surface area is 56.6 Å². The summed E-state index contributed by atoms with van der Waals surface area (Å²) in [6.07, 6.45) is -3.62. The van der Waals surface area contributed by atoms with Gasteiger partial charge in [0.05, 0.1) is 5.41 Å². The van der Waals surface area contributed by atoms with E-state index in [2.05, 4.69) is 5.32 Å². The molecule has 4 heteroatoms. The van der Waals surface area contributed by atoms with Crippen LogP contribution in [0.1, 0.15) is 6.42 Å². The minimum absolute atomic E-state index is 0.118. The van der Waals surface area contributed by atoms with Crippen LogP contribution in [0.2, 0.25) is 0 Å². The van der Waals surface area contributed by atoms with E-state index < -0.39 is 11.6 Å². The monoisotopic (exact) mass is 151 g/mol. The van der Waals surface area contributed by atoms with Crippen LogP contribution in [0.3, 0.4) is 0 Å². The number of fused-ring (bicyclic) bond motifs is 1. The van der Waals surface area contributed by atoms with Gasteiger partial charge in [0.2, 0.25) is 0 Å². The van der Waals surface area contributed by atoms with E-state index in [4.69, 9.17) is 0 Å². The lowest BCUT2D eigenvalue weighted by molar-refractivity contribution is -0.185. The zero-order valence-corrected chi connectivity index (χ0v) is 5.33. The van der Waals surface area contributed by atoms with Crippen molar-refractivity contribution in [3.8, 4) is 0 Å². The van der Waals surface area contributed by atoms with Gasteiger partial charge in [-0.3, -0.25) is 0 Å². The highest BCUT2D eigenvalue weighted by molar-refractivity contribution is 5.13. The first-order valence-corrected chi connectivity index (χ1v) is 3.34. The second-order valence-corrected chi connectivity index (χ2v) is 3.19. The van der Waals surface area contributed by atoms with E-state index >= 15 is 0 Å². The molecule has 10 heavy (non-hydrogen) atoms. The highest BCUT2D eigenvalue weighted by Gasteiger charge is 2.72. The zero-order chi connectivity index (χ0) is 7.41. The fraction of sp³-hybridized carbons (Fsp3) is 1.00. The van der Waals surface area contributed by atoms with Gasteiger partial charge in [-0.1, -0.05) is 0 Å². The lowest BCUT2D eigenvalue weighted by Crippen LogP contribution is -2.30. The smallest absolute Gasteiger partial charge is 0.316 e. The van der Waals surface area contributed by atoms with Crippen LogP contribution < -0.4 is 5.32 Å². The molecule has 1 aliphatic heterocycles. The summed E-state index contributed by atoms with van der Waals surface area (Å²) in [5.41, 5.74) is -1.31. The fourth-order valence-electron chi connectivity index (χ4n) is 1.78. The number of alkyl halides is 3. The van der Waals surface area contributed by atoms with E-state index in [1.807, 2.05) is 0 Å². The normalized spacial score (nSPS) is 45.3. The first-order chi connectivity index (χ1) is 4.56. The summed E-state index contributed by atoms with van der Waals surface area (Å²) in [6.45, 7) is 0.695. The molecule has 1 saturated carbocycles. The zero-order valence-electron chi connectivity index (χ0n) is 5.33. The quantitative estimate of drug-likeness (QED) is 0.547. The molecule has 58 valence electrons. The minimum atomic E-state index is -3.97. The first kappa shape index (κ1) is 6.46. The maximum atomic E-state index is 12.1. The van der Waals surface area contributed by atoms with Gasteiger partial charge in [-0.05, 0) is 18.9 Å². The summed E-state index contributed by atoms with van der Waals surface area (Å²) in [5, 5.41) is 2.75. The van der Waals surface area contributed by atoms with Gasteiger partial charge in [0.15, 0.2) is 0 Å². The molecule has 2 rings (SSSR count). The van der Waals surface area contributed by atoms with Crippen LogP contribution in [0, 0.1) is 11.3 Å². The summed E-state index contributed by atoms with van der Waals surface area (Å²) >= 11 is 0. The van der Waals surface area contributed by atoms with Gasteiger partial charge in [0, 0.05) is 6.54 Å². The number of piperidine rings is 1. The molecule has 0 spiro atoms. The van der Waals surface area contributed by atoms with Crippen LogP contribution in [0.25, 0.3) is 0 Å². The standard InChI is InChI=1S/C6H8F3N/c7-6(8,9)5-1-4(5)2-10-3-5/h4,10H,1-3H2/t4-,5+/m0/s1. The third kappa shape index (κ3) is 0.576. The molecule has 1 aliphatic carbocycles. The Morgan fingerprint density at radius 2 is 2.10 bits per heavy atom. The van der Waals surface area contributed by atoms with Crippen LogP contribution in [0.15, 0.2) is 0 Å². The van der Waals surface area contributed by atoms with Gasteiger partial charge < -0.3 is 5.32 Å². The van der Waals surface area contributed by atoms with Crippen LogP contribution in [-0.4, -0.2) is 19.3 Å². The third-order valence-electron chi connectivity index (χ3n) is 2.63. The molecular weight excluding hydrogens is 143 g/mol. The van der Waals surface area contributed by atoms with E-state index in [0.717, 1.165) is 0 Å². The van der Waals surface area contributed by atoms with Gasteiger partial charge in [0.1, 0.15) is 0 Å². The molecular formula is C6H8F3N. The van der Waals surface area contributed by atoms with Crippen molar-refractivity contribution in [2.24, 2.45) is 11.3 Å². The summed E-state index contributed by atoms with van der Waals surface area (Å²) in [7, 11) is 0. The molecule has 0 bridgehead atoms. The Bertz CT molecular complexity index is 165. The number of hydrogen-bond donors (Lipinski definition) is 1. The van der Waals surface area contributed by atoms with Crippen LogP contribution in [0.4, 0.5) is 13.2 Å². The predicted molar refractivity (Wildman–Crippen MR) is 29.5 cm³/mol. The SMILES string of the molecule is FC(F)(F)[C@]12CNC[C@@H]1C2. The van der Waals surface area contributed by atoms with E-state index in [0.29, 0.717) is 13.0 Å². The van der Waals surface area contributed by atoms with Gasteiger partial charge in [0.25, 0.3) is 0 Å². The van der Waals surface area contributed by atoms with E-state index in [1.54, 1.807) is 0 Å². The average molecular weight is 151 g/mol. The van der Waals surface area contributed by atoms with Crippen molar-refractivity contribution >= 4 is 0 Å². The molecule has 1 nitrogen and oxygen atoms in total. The van der Waals surface area contributed by atoms with Gasteiger partial charge in [-0.15, -0.1) is 0 Å². The first-order valence-electron chi connectivity index (χ1n) is 3.34. The van der Waals surface area contributed by atoms with Crippen LogP contribution in [0.5, 0.6) is 0 Å². The Morgan fingerprint density at radius 1 is 1.40 bits per heavy atom. The number of hydrogen-bond acceptors (Lipinski definition) is 1. The molecule has 2 atom stereocenters. The van der Waals surface area contributed by atoms with Gasteiger partial charge in [-0.25, -0.2) is 0 Å². The average Bonchev–Trinajstić information content (AvgIpc) is 2.36. The van der Waals surface area contributed by atoms with Crippen molar-refractivity contribution in [1.82, 2.24) is 5.32 Å². The molecule has 0 radical (unpaired) electrons. The topological polar surface area (TPSA) is 12.0 Å². The maximum absolute atomic E-state index is 12.1. The number of nitrogens with one attached hydrogen (secondary N) is 1. The molecule has 0 aromatic heterocycles. The van der Waals surface area contributed by atoms with Crippen molar-refractivity contribution in [2.75, 3.05) is 13.1 Å². The molecule has 1 saturated heterocycles. The van der Waals surface area contributed by atoms with E-state index in [1.165, 1.54) is 0 Å². The molecule has 1 heterocycles. The van der Waals surface area contributed by atoms with Crippen molar-refractivity contribution in [3.05, 3.63) is 0 Å². The summed E-state index contributed by atoms with van der Waals surface area (Å²) in [5.74, 6) is -0.118. The van der Waals surface area contributed by atoms with Gasteiger partial charge in [-0.2, -0.15) is 13.2 Å². The van der Waals surface area contributed by atoms with Gasteiger partial charge >= 0.3 is 6.18 Å². The Morgan fingerprint density at radius 3 is 2.30 bits per heavy atom. The summed E-state index contributed by atoms with van der Waals surface area (Å²) in [4.78, 5) is 0. The second-order valence-electron chi connectivity index (χ2n) is 3.19.